The summed E-state index contributed by atoms with van der Waals surface area (Å²) in [6.07, 6.45) is 0. The van der Waals surface area contributed by atoms with E-state index < -0.39 is 5.97 Å². The number of hydrogen-bond donors (Lipinski definition) is 3. The van der Waals surface area contributed by atoms with Gasteiger partial charge in [-0.25, -0.2) is 10.2 Å². The number of rotatable bonds is 4. The number of carbonyl (C=O) groups is 1. The average molecular weight is 180 g/mol. The number of hydrogen-bond acceptors (Lipinski definition) is 3. The molecule has 70 valence electrons. The molecule has 0 amide bonds. The molecule has 0 aliphatic rings. The van der Waals surface area contributed by atoms with E-state index >= 15 is 0 Å². The number of benzene rings is 1. The van der Waals surface area contributed by atoms with E-state index in [1.54, 1.807) is 24.3 Å². The summed E-state index contributed by atoms with van der Waals surface area (Å²) in [5.74, 6) is -0.930. The maximum atomic E-state index is 10.7. The minimum absolute atomic E-state index is 0.267. The molecule has 0 radical (unpaired) electrons. The first-order valence-electron chi connectivity index (χ1n) is 4.07. The second-order valence-electron chi connectivity index (χ2n) is 2.51. The molecule has 0 spiro atoms. The molecule has 0 aliphatic carbocycles. The zero-order valence-electron chi connectivity index (χ0n) is 7.37. The normalized spacial score (nSPS) is 9.62. The Labute approximate surface area is 76.6 Å². The van der Waals surface area contributed by atoms with Crippen molar-refractivity contribution in [3.63, 3.8) is 0 Å². The number of hydrazine groups is 1. The Balaban J connectivity index is 2.84. The first-order chi connectivity index (χ1) is 6.25. The van der Waals surface area contributed by atoms with E-state index in [2.05, 4.69) is 10.9 Å². The van der Waals surface area contributed by atoms with Gasteiger partial charge >= 0.3 is 5.97 Å². The number of nitrogens with one attached hydrogen (secondary N) is 2. The van der Waals surface area contributed by atoms with Crippen molar-refractivity contribution in [2.45, 2.75) is 6.92 Å². The molecule has 0 aliphatic heterocycles. The third-order valence-electron chi connectivity index (χ3n) is 1.56. The van der Waals surface area contributed by atoms with E-state index in [1.165, 1.54) is 0 Å². The topological polar surface area (TPSA) is 61.4 Å². The molecule has 0 fully saturated rings. The molecule has 0 heterocycles. The van der Waals surface area contributed by atoms with Crippen LogP contribution in [0.5, 0.6) is 0 Å². The van der Waals surface area contributed by atoms with E-state index in [4.69, 9.17) is 5.11 Å². The van der Waals surface area contributed by atoms with Gasteiger partial charge in [-0.05, 0) is 12.1 Å². The maximum absolute atomic E-state index is 10.7. The number of carboxylic acid groups (broad SMARTS) is 1. The predicted octanol–water partition coefficient (Wildman–Crippen LogP) is 1.32. The maximum Gasteiger partial charge on any atom is 0.337 e. The Hall–Kier alpha value is -1.55. The summed E-state index contributed by atoms with van der Waals surface area (Å²) in [5.41, 5.74) is 6.51. The standard InChI is InChI=1S/C9H12N2O2/c1-2-10-11-8-6-4-3-5-7(8)9(12)13/h3-6,10-11H,2H2,1H3,(H,12,13). The van der Waals surface area contributed by atoms with Crippen molar-refractivity contribution in [2.24, 2.45) is 0 Å². The van der Waals surface area contributed by atoms with Gasteiger partial charge < -0.3 is 10.5 Å². The van der Waals surface area contributed by atoms with Gasteiger partial charge in [0.25, 0.3) is 0 Å². The molecule has 3 N–H and O–H groups in total. The van der Waals surface area contributed by atoms with Crippen molar-refractivity contribution in [3.8, 4) is 0 Å². The molecule has 0 bridgehead atoms. The Kier molecular flexibility index (Phi) is 3.28. The van der Waals surface area contributed by atoms with Gasteiger partial charge in [-0.15, -0.1) is 0 Å². The van der Waals surface area contributed by atoms with Crippen LogP contribution in [0.4, 0.5) is 5.69 Å². The zero-order chi connectivity index (χ0) is 9.68. The number of anilines is 1. The van der Waals surface area contributed by atoms with E-state index in [-0.39, 0.29) is 5.56 Å². The molecule has 4 nitrogen and oxygen atoms in total. The Morgan fingerprint density at radius 2 is 2.15 bits per heavy atom. The fraction of sp³-hybridized carbons (Fsp3) is 0.222. The lowest BCUT2D eigenvalue weighted by Gasteiger charge is -2.08. The smallest absolute Gasteiger partial charge is 0.337 e. The van der Waals surface area contributed by atoms with Gasteiger partial charge in [-0.1, -0.05) is 19.1 Å². The first-order valence-corrected chi connectivity index (χ1v) is 4.07. The van der Waals surface area contributed by atoms with E-state index in [1.807, 2.05) is 6.92 Å². The molecule has 4 heteroatoms. The van der Waals surface area contributed by atoms with Crippen LogP contribution in [0, 0.1) is 0 Å². The van der Waals surface area contributed by atoms with Crippen molar-refractivity contribution in [2.75, 3.05) is 12.0 Å². The summed E-state index contributed by atoms with van der Waals surface area (Å²) in [4.78, 5) is 10.7. The van der Waals surface area contributed by atoms with Crippen LogP contribution in [0.3, 0.4) is 0 Å². The molecule has 0 unspecified atom stereocenters. The molecular formula is C9H12N2O2. The average Bonchev–Trinajstić information content (AvgIpc) is 2.15. The van der Waals surface area contributed by atoms with Crippen LogP contribution >= 0.6 is 0 Å². The molecule has 13 heavy (non-hydrogen) atoms. The van der Waals surface area contributed by atoms with Crippen LogP contribution in [-0.4, -0.2) is 17.6 Å². The largest absolute Gasteiger partial charge is 0.478 e. The molecule has 0 aromatic heterocycles. The van der Waals surface area contributed by atoms with Crippen LogP contribution in [-0.2, 0) is 0 Å². The monoisotopic (exact) mass is 180 g/mol. The van der Waals surface area contributed by atoms with Gasteiger partial charge in [0, 0.05) is 6.54 Å². The first kappa shape index (κ1) is 9.54. The molecule has 1 aromatic carbocycles. The summed E-state index contributed by atoms with van der Waals surface area (Å²) >= 11 is 0. The second kappa shape index (κ2) is 4.47. The summed E-state index contributed by atoms with van der Waals surface area (Å²) in [6, 6.07) is 6.75. The lowest BCUT2D eigenvalue weighted by atomic mass is 10.2. The Bertz CT molecular complexity index is 299. The fourth-order valence-electron chi connectivity index (χ4n) is 0.962. The van der Waals surface area contributed by atoms with Crippen LogP contribution < -0.4 is 10.9 Å². The zero-order valence-corrected chi connectivity index (χ0v) is 7.37. The highest BCUT2D eigenvalue weighted by atomic mass is 16.4. The van der Waals surface area contributed by atoms with Crippen molar-refractivity contribution < 1.29 is 9.90 Å². The number of aromatic carboxylic acids is 1. The van der Waals surface area contributed by atoms with Gasteiger partial charge in [0.15, 0.2) is 0 Å². The third-order valence-corrected chi connectivity index (χ3v) is 1.56. The summed E-state index contributed by atoms with van der Waals surface area (Å²) in [6.45, 7) is 2.66. The molecule has 0 atom stereocenters. The molecule has 0 saturated carbocycles. The minimum Gasteiger partial charge on any atom is -0.478 e. The van der Waals surface area contributed by atoms with E-state index in [0.29, 0.717) is 5.69 Å². The minimum atomic E-state index is -0.930. The number of carboxylic acids is 1. The quantitative estimate of drug-likeness (QED) is 0.611. The summed E-state index contributed by atoms with van der Waals surface area (Å²) in [7, 11) is 0. The third kappa shape index (κ3) is 2.45. The lowest BCUT2D eigenvalue weighted by molar-refractivity contribution is 0.0698. The highest BCUT2D eigenvalue weighted by Gasteiger charge is 2.07. The predicted molar refractivity (Wildman–Crippen MR) is 50.7 cm³/mol. The van der Waals surface area contributed by atoms with Gasteiger partial charge in [0.05, 0.1) is 11.3 Å². The fourth-order valence-corrected chi connectivity index (χ4v) is 0.962. The summed E-state index contributed by atoms with van der Waals surface area (Å²) < 4.78 is 0. The van der Waals surface area contributed by atoms with Crippen molar-refractivity contribution >= 4 is 11.7 Å². The van der Waals surface area contributed by atoms with Crippen LogP contribution in [0.1, 0.15) is 17.3 Å². The summed E-state index contributed by atoms with van der Waals surface area (Å²) in [5, 5.41) is 8.80. The molecule has 1 rings (SSSR count). The van der Waals surface area contributed by atoms with Gasteiger partial charge in [-0.2, -0.15) is 0 Å². The molecule has 1 aromatic rings. The van der Waals surface area contributed by atoms with Gasteiger partial charge in [0.2, 0.25) is 0 Å². The highest BCUT2D eigenvalue weighted by Crippen LogP contribution is 2.13. The van der Waals surface area contributed by atoms with Gasteiger partial charge in [0.1, 0.15) is 0 Å². The second-order valence-corrected chi connectivity index (χ2v) is 2.51. The van der Waals surface area contributed by atoms with Crippen LogP contribution in [0.25, 0.3) is 0 Å². The van der Waals surface area contributed by atoms with Crippen LogP contribution in [0.15, 0.2) is 24.3 Å². The molecule has 0 saturated heterocycles. The van der Waals surface area contributed by atoms with Gasteiger partial charge in [-0.3, -0.25) is 0 Å². The molecular weight excluding hydrogens is 168 g/mol. The van der Waals surface area contributed by atoms with Crippen molar-refractivity contribution in [1.82, 2.24) is 5.43 Å². The number of para-hydroxylation sites is 1. The van der Waals surface area contributed by atoms with E-state index in [0.717, 1.165) is 6.54 Å². The Morgan fingerprint density at radius 1 is 1.46 bits per heavy atom. The van der Waals surface area contributed by atoms with Crippen LogP contribution in [0.2, 0.25) is 0 Å². The highest BCUT2D eigenvalue weighted by molar-refractivity contribution is 5.94. The lowest BCUT2D eigenvalue weighted by Crippen LogP contribution is -2.22. The van der Waals surface area contributed by atoms with Crippen molar-refractivity contribution in [3.05, 3.63) is 29.8 Å². The van der Waals surface area contributed by atoms with E-state index in [9.17, 15) is 4.79 Å². The van der Waals surface area contributed by atoms with Crippen molar-refractivity contribution in [1.29, 1.82) is 0 Å². The Morgan fingerprint density at radius 3 is 2.77 bits per heavy atom. The SMILES string of the molecule is CCNNc1ccccc1C(=O)O.